The number of hydrogen-bond acceptors (Lipinski definition) is 5. The number of hydrogen-bond donors (Lipinski definition) is 2. The van der Waals surface area contributed by atoms with Crippen LogP contribution in [-0.4, -0.2) is 29.5 Å². The maximum atomic E-state index is 14.1. The highest BCUT2D eigenvalue weighted by Crippen LogP contribution is 2.35. The minimum absolute atomic E-state index is 0.00773. The number of ether oxygens (including phenoxy) is 1. The lowest BCUT2D eigenvalue weighted by molar-refractivity contribution is -0.107. The molecular weight excluding hydrogens is 405 g/mol. The summed E-state index contributed by atoms with van der Waals surface area (Å²) in [6.45, 7) is 7.87. The number of amides is 1. The number of alkyl halides is 1. The highest BCUT2D eigenvalue weighted by Gasteiger charge is 2.34. The van der Waals surface area contributed by atoms with Crippen LogP contribution in [0.4, 0.5) is 14.9 Å². The summed E-state index contributed by atoms with van der Waals surface area (Å²) in [6.07, 6.45) is 0.363. The Balaban J connectivity index is 3.18. The number of halogens is 2. The van der Waals surface area contributed by atoms with Crippen LogP contribution in [0.25, 0.3) is 0 Å². The van der Waals surface area contributed by atoms with Crippen LogP contribution in [0.5, 0.6) is 0 Å². The summed E-state index contributed by atoms with van der Waals surface area (Å²) in [5.74, 6) is -0.421. The summed E-state index contributed by atoms with van der Waals surface area (Å²) in [5.41, 5.74) is 10.5. The highest BCUT2D eigenvalue weighted by atomic mass is 79.9. The Bertz CT molecular complexity index is 653. The summed E-state index contributed by atoms with van der Waals surface area (Å²) in [4.78, 5) is 23.6. The number of carbonyl (C=O) groups is 2. The molecule has 1 unspecified atom stereocenters. The molecule has 0 radical (unpaired) electrons. The second-order valence-corrected chi connectivity index (χ2v) is 8.54. The van der Waals surface area contributed by atoms with Gasteiger partial charge in [-0.25, -0.2) is 9.18 Å². The standard InChI is InChI=1S/C18H27BrFN3O3/c1-17(2,10-18(3,4)26-16(22)25)11-23(15(19)9-24)14-7-5-6-13(20)12(14)8-21/h5-7,9,15H,8,10-11,21H2,1-4H3,(H2,22,25). The first-order chi connectivity index (χ1) is 11.9. The maximum absolute atomic E-state index is 14.1. The van der Waals surface area contributed by atoms with Gasteiger partial charge >= 0.3 is 6.09 Å². The van der Waals surface area contributed by atoms with Crippen molar-refractivity contribution in [2.45, 2.75) is 51.2 Å². The molecule has 8 heteroatoms. The third-order valence-electron chi connectivity index (χ3n) is 3.90. The van der Waals surface area contributed by atoms with E-state index in [-0.39, 0.29) is 6.54 Å². The lowest BCUT2D eigenvalue weighted by atomic mass is 9.81. The smallest absolute Gasteiger partial charge is 0.405 e. The molecule has 0 spiro atoms. The van der Waals surface area contributed by atoms with Crippen LogP contribution < -0.4 is 16.4 Å². The lowest BCUT2D eigenvalue weighted by Crippen LogP contribution is -2.44. The maximum Gasteiger partial charge on any atom is 0.405 e. The van der Waals surface area contributed by atoms with E-state index in [0.29, 0.717) is 24.2 Å². The average molecular weight is 432 g/mol. The van der Waals surface area contributed by atoms with Crippen LogP contribution in [0.15, 0.2) is 18.2 Å². The van der Waals surface area contributed by atoms with Crippen LogP contribution in [0, 0.1) is 11.2 Å². The molecule has 0 heterocycles. The zero-order valence-electron chi connectivity index (χ0n) is 15.6. The minimum atomic E-state index is -0.843. The molecule has 4 N–H and O–H groups in total. The lowest BCUT2D eigenvalue weighted by Gasteiger charge is -2.40. The van der Waals surface area contributed by atoms with E-state index in [1.54, 1.807) is 30.9 Å². The SMILES string of the molecule is CC(C)(CN(c1cccc(F)c1CN)C(Br)C=O)CC(C)(C)OC(N)=O. The van der Waals surface area contributed by atoms with Crippen LogP contribution in [0.2, 0.25) is 0 Å². The predicted octanol–water partition coefficient (Wildman–Crippen LogP) is 3.30. The molecule has 0 saturated heterocycles. The molecule has 6 nitrogen and oxygen atoms in total. The molecule has 0 aliphatic heterocycles. The molecule has 0 aliphatic rings. The van der Waals surface area contributed by atoms with E-state index in [2.05, 4.69) is 15.9 Å². The zero-order valence-corrected chi connectivity index (χ0v) is 17.2. The first kappa shape index (κ1) is 22.4. The molecule has 0 bridgehead atoms. The molecule has 0 aromatic heterocycles. The Morgan fingerprint density at radius 1 is 1.38 bits per heavy atom. The van der Waals surface area contributed by atoms with Crippen molar-refractivity contribution in [1.29, 1.82) is 0 Å². The molecule has 26 heavy (non-hydrogen) atoms. The van der Waals surface area contributed by atoms with Crippen LogP contribution in [0.3, 0.4) is 0 Å². The number of anilines is 1. The molecule has 0 fully saturated rings. The van der Waals surface area contributed by atoms with Crippen molar-refractivity contribution in [3.8, 4) is 0 Å². The topological polar surface area (TPSA) is 98.7 Å². The molecule has 0 aliphatic carbocycles. The molecule has 146 valence electrons. The number of primary amides is 1. The van der Waals surface area contributed by atoms with E-state index in [4.69, 9.17) is 16.2 Å². The zero-order chi connectivity index (χ0) is 20.1. The number of nitrogens with zero attached hydrogens (tertiary/aromatic N) is 1. The van der Waals surface area contributed by atoms with Crippen molar-refractivity contribution >= 4 is 34.0 Å². The highest BCUT2D eigenvalue weighted by molar-refractivity contribution is 9.10. The number of benzene rings is 1. The fourth-order valence-corrected chi connectivity index (χ4v) is 3.74. The van der Waals surface area contributed by atoms with E-state index < -0.39 is 27.9 Å². The third-order valence-corrected chi connectivity index (χ3v) is 4.61. The van der Waals surface area contributed by atoms with Gasteiger partial charge in [0.2, 0.25) is 0 Å². The van der Waals surface area contributed by atoms with Crippen molar-refractivity contribution in [3.63, 3.8) is 0 Å². The third kappa shape index (κ3) is 6.25. The first-order valence-corrected chi connectivity index (χ1v) is 9.16. The summed E-state index contributed by atoms with van der Waals surface area (Å²) in [5, 5.41) is 0. The van der Waals surface area contributed by atoms with Gasteiger partial charge in [-0.05, 0) is 37.8 Å². The van der Waals surface area contributed by atoms with Crippen LogP contribution >= 0.6 is 15.9 Å². The largest absolute Gasteiger partial charge is 0.444 e. The van der Waals surface area contributed by atoms with Gasteiger partial charge in [-0.1, -0.05) is 35.8 Å². The summed E-state index contributed by atoms with van der Waals surface area (Å²) < 4.78 is 19.3. The van der Waals surface area contributed by atoms with Crippen molar-refractivity contribution < 1.29 is 18.7 Å². The van der Waals surface area contributed by atoms with Gasteiger partial charge in [0, 0.05) is 24.3 Å². The van der Waals surface area contributed by atoms with E-state index in [9.17, 15) is 14.0 Å². The Morgan fingerprint density at radius 2 is 2.00 bits per heavy atom. The summed E-state index contributed by atoms with van der Waals surface area (Å²) in [7, 11) is 0. The Hall–Kier alpha value is -1.67. The van der Waals surface area contributed by atoms with Gasteiger partial charge in [0.1, 0.15) is 16.4 Å². The molecule has 1 aromatic carbocycles. The van der Waals surface area contributed by atoms with Gasteiger partial charge in [-0.2, -0.15) is 0 Å². The molecular formula is C18H27BrFN3O3. The van der Waals surface area contributed by atoms with Crippen LogP contribution in [-0.2, 0) is 16.1 Å². The quantitative estimate of drug-likeness (QED) is 0.355. The second kappa shape index (κ2) is 8.81. The Labute approximate surface area is 162 Å². The van der Waals surface area contributed by atoms with Crippen LogP contribution in [0.1, 0.15) is 39.7 Å². The number of rotatable bonds is 9. The van der Waals surface area contributed by atoms with Gasteiger partial charge in [0.15, 0.2) is 6.29 Å². The number of aldehydes is 1. The molecule has 1 rings (SSSR count). The van der Waals surface area contributed by atoms with Crippen molar-refractivity contribution in [3.05, 3.63) is 29.6 Å². The molecule has 1 aromatic rings. The molecule has 0 saturated carbocycles. The summed E-state index contributed by atoms with van der Waals surface area (Å²) in [6, 6.07) is 4.64. The van der Waals surface area contributed by atoms with E-state index in [1.165, 1.54) is 6.07 Å². The Morgan fingerprint density at radius 3 is 2.50 bits per heavy atom. The Kier molecular flexibility index (Phi) is 7.58. The van der Waals surface area contributed by atoms with Gasteiger partial charge in [0.05, 0.1) is 0 Å². The van der Waals surface area contributed by atoms with Crippen molar-refractivity contribution in [2.24, 2.45) is 16.9 Å². The normalized spacial score (nSPS) is 13.2. The number of nitrogens with two attached hydrogens (primary N) is 2. The number of carbonyl (C=O) groups excluding carboxylic acids is 2. The van der Waals surface area contributed by atoms with E-state index >= 15 is 0 Å². The van der Waals surface area contributed by atoms with Gasteiger partial charge < -0.3 is 25.9 Å². The first-order valence-electron chi connectivity index (χ1n) is 8.24. The fourth-order valence-electron chi connectivity index (χ4n) is 3.38. The fraction of sp³-hybridized carbons (Fsp3) is 0.556. The second-order valence-electron chi connectivity index (χ2n) is 7.60. The van der Waals surface area contributed by atoms with E-state index in [0.717, 1.165) is 6.29 Å². The summed E-state index contributed by atoms with van der Waals surface area (Å²) >= 11 is 3.33. The van der Waals surface area contributed by atoms with Gasteiger partial charge in [0.25, 0.3) is 0 Å². The van der Waals surface area contributed by atoms with Crippen molar-refractivity contribution in [1.82, 2.24) is 0 Å². The monoisotopic (exact) mass is 431 g/mol. The molecule has 1 amide bonds. The van der Waals surface area contributed by atoms with Crippen molar-refractivity contribution in [2.75, 3.05) is 11.4 Å². The molecule has 1 atom stereocenters. The van der Waals surface area contributed by atoms with Gasteiger partial charge in [-0.15, -0.1) is 0 Å². The predicted molar refractivity (Wildman–Crippen MR) is 104 cm³/mol. The minimum Gasteiger partial charge on any atom is -0.444 e. The van der Waals surface area contributed by atoms with E-state index in [1.807, 2.05) is 13.8 Å². The average Bonchev–Trinajstić information content (AvgIpc) is 2.49. The van der Waals surface area contributed by atoms with Gasteiger partial charge in [-0.3, -0.25) is 0 Å².